The van der Waals surface area contributed by atoms with Crippen LogP contribution < -0.4 is 0 Å². The van der Waals surface area contributed by atoms with E-state index in [4.69, 9.17) is 4.98 Å². The van der Waals surface area contributed by atoms with Crippen LogP contribution in [0.3, 0.4) is 0 Å². The van der Waals surface area contributed by atoms with E-state index in [2.05, 4.69) is 41.0 Å². The first-order valence-corrected chi connectivity index (χ1v) is 7.26. The Bertz CT molecular complexity index is 736. The Hall–Kier alpha value is -1.61. The van der Waals surface area contributed by atoms with Gasteiger partial charge in [-0.1, -0.05) is 24.3 Å². The standard InChI is InChI=1S/C15H14N2S/c1-10-9-18-15-16-14-12-7-3-2-5-11(12)6-4-8-13(14)17(10)15/h2-3,5,7,9H,4,6,8H2,1H3. The summed E-state index contributed by atoms with van der Waals surface area (Å²) < 4.78 is 2.34. The van der Waals surface area contributed by atoms with E-state index in [1.54, 1.807) is 11.3 Å². The smallest absolute Gasteiger partial charge is 0.194 e. The molecule has 0 bridgehead atoms. The lowest BCUT2D eigenvalue weighted by Crippen LogP contribution is -1.94. The van der Waals surface area contributed by atoms with Crippen LogP contribution in [0.5, 0.6) is 0 Å². The summed E-state index contributed by atoms with van der Waals surface area (Å²) in [5.74, 6) is 0. The first kappa shape index (κ1) is 10.3. The Morgan fingerprint density at radius 1 is 1.22 bits per heavy atom. The summed E-state index contributed by atoms with van der Waals surface area (Å²) in [5.41, 5.74) is 6.69. The van der Waals surface area contributed by atoms with Gasteiger partial charge in [0.15, 0.2) is 4.96 Å². The maximum Gasteiger partial charge on any atom is 0.194 e. The zero-order valence-corrected chi connectivity index (χ0v) is 11.1. The van der Waals surface area contributed by atoms with Crippen molar-refractivity contribution in [3.8, 4) is 11.3 Å². The molecule has 3 aromatic rings. The number of imidazole rings is 1. The van der Waals surface area contributed by atoms with Gasteiger partial charge in [0, 0.05) is 16.6 Å². The van der Waals surface area contributed by atoms with E-state index >= 15 is 0 Å². The summed E-state index contributed by atoms with van der Waals surface area (Å²) in [7, 11) is 0. The molecule has 18 heavy (non-hydrogen) atoms. The topological polar surface area (TPSA) is 17.3 Å². The SMILES string of the molecule is Cc1csc2nc3c(n12)CCCc1ccccc1-3. The first-order valence-electron chi connectivity index (χ1n) is 6.38. The Balaban J connectivity index is 2.09. The van der Waals surface area contributed by atoms with E-state index in [0.29, 0.717) is 0 Å². The maximum atomic E-state index is 4.86. The van der Waals surface area contributed by atoms with Gasteiger partial charge in [-0.15, -0.1) is 11.3 Å². The number of aryl methyl sites for hydroxylation is 3. The molecule has 1 aliphatic rings. The normalized spacial score (nSPS) is 14.3. The fourth-order valence-corrected chi connectivity index (χ4v) is 3.81. The molecule has 1 aliphatic carbocycles. The summed E-state index contributed by atoms with van der Waals surface area (Å²) in [5, 5.41) is 2.19. The van der Waals surface area contributed by atoms with Crippen molar-refractivity contribution in [1.82, 2.24) is 9.38 Å². The van der Waals surface area contributed by atoms with Gasteiger partial charge < -0.3 is 0 Å². The van der Waals surface area contributed by atoms with Crippen LogP contribution >= 0.6 is 11.3 Å². The molecule has 4 rings (SSSR count). The molecule has 0 radical (unpaired) electrons. The second-order valence-electron chi connectivity index (χ2n) is 4.91. The van der Waals surface area contributed by atoms with Gasteiger partial charge in [-0.3, -0.25) is 4.40 Å². The first-order chi connectivity index (χ1) is 8.84. The van der Waals surface area contributed by atoms with Crippen molar-refractivity contribution in [1.29, 1.82) is 0 Å². The van der Waals surface area contributed by atoms with E-state index < -0.39 is 0 Å². The molecule has 0 aliphatic heterocycles. The third kappa shape index (κ3) is 1.31. The Labute approximate surface area is 110 Å². The summed E-state index contributed by atoms with van der Waals surface area (Å²) in [6.45, 7) is 2.17. The van der Waals surface area contributed by atoms with Crippen LogP contribution in [-0.4, -0.2) is 9.38 Å². The molecular weight excluding hydrogens is 240 g/mol. The van der Waals surface area contributed by atoms with Crippen molar-refractivity contribution >= 4 is 16.3 Å². The lowest BCUT2D eigenvalue weighted by molar-refractivity contribution is 0.802. The average Bonchev–Trinajstić information content (AvgIpc) is 2.86. The molecule has 0 atom stereocenters. The van der Waals surface area contributed by atoms with Gasteiger partial charge in [-0.05, 0) is 31.7 Å². The van der Waals surface area contributed by atoms with Crippen LogP contribution in [0.4, 0.5) is 0 Å². The summed E-state index contributed by atoms with van der Waals surface area (Å²) in [4.78, 5) is 5.99. The van der Waals surface area contributed by atoms with E-state index in [-0.39, 0.29) is 0 Å². The van der Waals surface area contributed by atoms with Crippen molar-refractivity contribution < 1.29 is 0 Å². The average molecular weight is 254 g/mol. The van der Waals surface area contributed by atoms with Gasteiger partial charge in [0.25, 0.3) is 0 Å². The summed E-state index contributed by atoms with van der Waals surface area (Å²) >= 11 is 1.74. The highest BCUT2D eigenvalue weighted by Crippen LogP contribution is 2.34. The van der Waals surface area contributed by atoms with E-state index in [9.17, 15) is 0 Å². The van der Waals surface area contributed by atoms with Gasteiger partial charge in [0.1, 0.15) is 0 Å². The number of nitrogens with zero attached hydrogens (tertiary/aromatic N) is 2. The molecule has 3 heteroatoms. The number of aromatic nitrogens is 2. The lowest BCUT2D eigenvalue weighted by Gasteiger charge is -2.03. The third-order valence-corrected chi connectivity index (χ3v) is 4.71. The summed E-state index contributed by atoms with van der Waals surface area (Å²) in [6, 6.07) is 8.71. The van der Waals surface area contributed by atoms with Crippen molar-refractivity contribution in [2.45, 2.75) is 26.2 Å². The number of thiazole rings is 1. The van der Waals surface area contributed by atoms with E-state index in [1.807, 2.05) is 0 Å². The predicted octanol–water partition coefficient (Wildman–Crippen LogP) is 3.86. The zero-order chi connectivity index (χ0) is 12.1. The molecule has 1 aromatic carbocycles. The minimum absolute atomic E-state index is 1.13. The minimum atomic E-state index is 1.13. The number of hydrogen-bond acceptors (Lipinski definition) is 2. The second-order valence-corrected chi connectivity index (χ2v) is 5.75. The van der Waals surface area contributed by atoms with Gasteiger partial charge in [-0.25, -0.2) is 4.98 Å². The molecule has 0 N–H and O–H groups in total. The fraction of sp³-hybridized carbons (Fsp3) is 0.267. The van der Waals surface area contributed by atoms with Gasteiger partial charge >= 0.3 is 0 Å². The number of hydrogen-bond donors (Lipinski definition) is 0. The molecule has 2 heterocycles. The molecule has 2 nitrogen and oxygen atoms in total. The molecular formula is C15H14N2S. The van der Waals surface area contributed by atoms with Gasteiger partial charge in [0.05, 0.1) is 11.4 Å². The lowest BCUT2D eigenvalue weighted by atomic mass is 10.0. The van der Waals surface area contributed by atoms with Crippen molar-refractivity contribution in [3.05, 3.63) is 46.6 Å². The Morgan fingerprint density at radius 3 is 3.06 bits per heavy atom. The molecule has 0 unspecified atom stereocenters. The summed E-state index contributed by atoms with van der Waals surface area (Å²) in [6.07, 6.45) is 3.51. The van der Waals surface area contributed by atoms with Crippen molar-refractivity contribution in [2.75, 3.05) is 0 Å². The van der Waals surface area contributed by atoms with Crippen LogP contribution in [0.2, 0.25) is 0 Å². The van der Waals surface area contributed by atoms with Crippen LogP contribution in [0.1, 0.15) is 23.4 Å². The molecule has 0 fully saturated rings. The van der Waals surface area contributed by atoms with Crippen LogP contribution in [0, 0.1) is 6.92 Å². The maximum absolute atomic E-state index is 4.86. The largest absolute Gasteiger partial charge is 0.291 e. The van der Waals surface area contributed by atoms with E-state index in [1.165, 1.54) is 34.6 Å². The predicted molar refractivity (Wildman–Crippen MR) is 75.3 cm³/mol. The van der Waals surface area contributed by atoms with Gasteiger partial charge in [-0.2, -0.15) is 0 Å². The Morgan fingerprint density at radius 2 is 2.11 bits per heavy atom. The number of fused-ring (bicyclic) bond motifs is 5. The van der Waals surface area contributed by atoms with Crippen molar-refractivity contribution in [3.63, 3.8) is 0 Å². The van der Waals surface area contributed by atoms with Crippen LogP contribution in [0.15, 0.2) is 29.6 Å². The second kappa shape index (κ2) is 3.69. The quantitative estimate of drug-likeness (QED) is 0.595. The fourth-order valence-electron chi connectivity index (χ4n) is 2.93. The highest BCUT2D eigenvalue weighted by Gasteiger charge is 2.20. The molecule has 0 spiro atoms. The minimum Gasteiger partial charge on any atom is -0.291 e. The van der Waals surface area contributed by atoms with Crippen molar-refractivity contribution in [2.24, 2.45) is 0 Å². The molecule has 0 saturated carbocycles. The number of rotatable bonds is 0. The van der Waals surface area contributed by atoms with Crippen LogP contribution in [-0.2, 0) is 12.8 Å². The third-order valence-electron chi connectivity index (χ3n) is 3.76. The number of benzene rings is 1. The molecule has 90 valence electrons. The highest BCUT2D eigenvalue weighted by molar-refractivity contribution is 7.15. The Kier molecular flexibility index (Phi) is 2.12. The van der Waals surface area contributed by atoms with Gasteiger partial charge in [0.2, 0.25) is 0 Å². The zero-order valence-electron chi connectivity index (χ0n) is 10.3. The molecule has 2 aromatic heterocycles. The molecule has 0 saturated heterocycles. The highest BCUT2D eigenvalue weighted by atomic mass is 32.1. The molecule has 0 amide bonds. The van der Waals surface area contributed by atoms with Crippen LogP contribution in [0.25, 0.3) is 16.2 Å². The monoisotopic (exact) mass is 254 g/mol. The van der Waals surface area contributed by atoms with E-state index in [0.717, 1.165) is 17.8 Å².